The van der Waals surface area contributed by atoms with E-state index in [9.17, 15) is 4.79 Å². The number of carboxylic acid groups (broad SMARTS) is 1. The molecule has 0 aromatic heterocycles. The quantitative estimate of drug-likeness (QED) is 0.734. The minimum atomic E-state index is -0.756. The zero-order valence-corrected chi connectivity index (χ0v) is 11.7. The Kier molecular flexibility index (Phi) is 6.05. The zero-order chi connectivity index (χ0) is 13.4. The molecule has 1 aromatic rings. The van der Waals surface area contributed by atoms with Crippen LogP contribution in [0.2, 0.25) is 0 Å². The third-order valence-corrected chi connectivity index (χ3v) is 3.92. The van der Waals surface area contributed by atoms with Gasteiger partial charge in [-0.2, -0.15) is 0 Å². The Morgan fingerprint density at radius 3 is 2.56 bits per heavy atom. The van der Waals surface area contributed by atoms with Gasteiger partial charge in [-0.3, -0.25) is 4.79 Å². The lowest BCUT2D eigenvalue weighted by Crippen LogP contribution is -2.27. The Labute approximate surface area is 113 Å². The van der Waals surface area contributed by atoms with E-state index in [-0.39, 0.29) is 0 Å². The number of rotatable bonds is 8. The summed E-state index contributed by atoms with van der Waals surface area (Å²) in [6.07, 6.45) is 1.91. The van der Waals surface area contributed by atoms with Crippen LogP contribution >= 0.6 is 11.8 Å². The first-order chi connectivity index (χ1) is 8.52. The van der Waals surface area contributed by atoms with Gasteiger partial charge in [0.05, 0.1) is 6.61 Å². The molecule has 100 valence electrons. The Morgan fingerprint density at radius 1 is 1.28 bits per heavy atom. The fraction of sp³-hybridized carbons (Fsp3) is 0.500. The monoisotopic (exact) mass is 268 g/mol. The highest BCUT2D eigenvalue weighted by atomic mass is 32.2. The summed E-state index contributed by atoms with van der Waals surface area (Å²) in [5.41, 5.74) is 0. The van der Waals surface area contributed by atoms with Crippen LogP contribution in [-0.4, -0.2) is 28.2 Å². The summed E-state index contributed by atoms with van der Waals surface area (Å²) in [5, 5.41) is 8.95. The molecule has 0 saturated heterocycles. The number of unbranched alkanes of at least 4 members (excludes halogenated alkanes) is 1. The maximum Gasteiger partial charge on any atom is 0.319 e. The molecule has 0 fully saturated rings. The Balaban J connectivity index is 2.08. The van der Waals surface area contributed by atoms with E-state index in [1.54, 1.807) is 13.8 Å². The van der Waals surface area contributed by atoms with Gasteiger partial charge in [-0.15, -0.1) is 11.8 Å². The SMILES string of the molecule is CC(C)(SCCCCOc1ccccc1)C(=O)O. The summed E-state index contributed by atoms with van der Waals surface area (Å²) in [4.78, 5) is 10.9. The second-order valence-corrected chi connectivity index (χ2v) is 6.25. The van der Waals surface area contributed by atoms with Gasteiger partial charge in [0.2, 0.25) is 0 Å². The van der Waals surface area contributed by atoms with Gasteiger partial charge in [-0.25, -0.2) is 0 Å². The van der Waals surface area contributed by atoms with Crippen LogP contribution in [0.5, 0.6) is 5.75 Å². The van der Waals surface area contributed by atoms with E-state index in [1.165, 1.54) is 11.8 Å². The van der Waals surface area contributed by atoms with Gasteiger partial charge in [0.15, 0.2) is 0 Å². The number of thioether (sulfide) groups is 1. The largest absolute Gasteiger partial charge is 0.494 e. The number of para-hydroxylation sites is 1. The molecule has 0 atom stereocenters. The molecule has 0 aliphatic carbocycles. The lowest BCUT2D eigenvalue weighted by Gasteiger charge is -2.18. The van der Waals surface area contributed by atoms with Crippen LogP contribution in [0, 0.1) is 0 Å². The first-order valence-corrected chi connectivity index (χ1v) is 7.06. The maximum atomic E-state index is 10.9. The second-order valence-electron chi connectivity index (χ2n) is 4.53. The van der Waals surface area contributed by atoms with Gasteiger partial charge < -0.3 is 9.84 Å². The number of benzene rings is 1. The molecule has 0 aliphatic heterocycles. The second kappa shape index (κ2) is 7.31. The maximum absolute atomic E-state index is 10.9. The van der Waals surface area contributed by atoms with Crippen molar-refractivity contribution in [3.8, 4) is 5.75 Å². The molecule has 0 saturated carbocycles. The lowest BCUT2D eigenvalue weighted by molar-refractivity contribution is -0.138. The summed E-state index contributed by atoms with van der Waals surface area (Å²) in [5.74, 6) is 0.973. The van der Waals surface area contributed by atoms with Crippen molar-refractivity contribution in [3.05, 3.63) is 30.3 Å². The fourth-order valence-corrected chi connectivity index (χ4v) is 2.28. The van der Waals surface area contributed by atoms with E-state index in [1.807, 2.05) is 30.3 Å². The van der Waals surface area contributed by atoms with Gasteiger partial charge in [0.25, 0.3) is 0 Å². The van der Waals surface area contributed by atoms with Crippen LogP contribution in [0.15, 0.2) is 30.3 Å². The number of carbonyl (C=O) groups is 1. The van der Waals surface area contributed by atoms with E-state index in [4.69, 9.17) is 9.84 Å². The average Bonchev–Trinajstić information content (AvgIpc) is 2.34. The molecular weight excluding hydrogens is 248 g/mol. The van der Waals surface area contributed by atoms with Crippen molar-refractivity contribution in [1.29, 1.82) is 0 Å². The molecule has 1 N–H and O–H groups in total. The Bertz CT molecular complexity index is 363. The number of hydrogen-bond donors (Lipinski definition) is 1. The summed E-state index contributed by atoms with van der Waals surface area (Å²) in [6, 6.07) is 9.71. The number of carboxylic acids is 1. The first kappa shape index (κ1) is 14.9. The van der Waals surface area contributed by atoms with Crippen molar-refractivity contribution in [2.45, 2.75) is 31.4 Å². The molecule has 3 nitrogen and oxygen atoms in total. The standard InChI is InChI=1S/C14H20O3S/c1-14(2,13(15)16)18-11-7-6-10-17-12-8-4-3-5-9-12/h3-5,8-9H,6-7,10-11H2,1-2H3,(H,15,16). The molecule has 0 unspecified atom stereocenters. The molecule has 0 bridgehead atoms. The van der Waals surface area contributed by atoms with E-state index in [0.717, 1.165) is 24.3 Å². The van der Waals surface area contributed by atoms with Crippen molar-refractivity contribution in [2.24, 2.45) is 0 Å². The summed E-state index contributed by atoms with van der Waals surface area (Å²) in [7, 11) is 0. The molecule has 0 aliphatic rings. The van der Waals surface area contributed by atoms with Gasteiger partial charge in [-0.05, 0) is 44.6 Å². The molecule has 0 spiro atoms. The molecular formula is C14H20O3S. The van der Waals surface area contributed by atoms with Crippen molar-refractivity contribution in [2.75, 3.05) is 12.4 Å². The van der Waals surface area contributed by atoms with Crippen LogP contribution in [-0.2, 0) is 4.79 Å². The lowest BCUT2D eigenvalue weighted by atomic mass is 10.2. The smallest absolute Gasteiger partial charge is 0.319 e. The molecule has 1 rings (SSSR count). The highest BCUT2D eigenvalue weighted by molar-refractivity contribution is 8.01. The van der Waals surface area contributed by atoms with Gasteiger partial charge in [0.1, 0.15) is 10.5 Å². The van der Waals surface area contributed by atoms with Crippen molar-refractivity contribution in [1.82, 2.24) is 0 Å². The minimum Gasteiger partial charge on any atom is -0.494 e. The number of hydrogen-bond acceptors (Lipinski definition) is 3. The highest BCUT2D eigenvalue weighted by Crippen LogP contribution is 2.25. The predicted molar refractivity (Wildman–Crippen MR) is 75.3 cm³/mol. The predicted octanol–water partition coefficient (Wildman–Crippen LogP) is 3.44. The molecule has 0 radical (unpaired) electrons. The third kappa shape index (κ3) is 5.45. The summed E-state index contributed by atoms with van der Waals surface area (Å²) in [6.45, 7) is 4.15. The molecule has 18 heavy (non-hydrogen) atoms. The van der Waals surface area contributed by atoms with E-state index >= 15 is 0 Å². The van der Waals surface area contributed by atoms with Crippen molar-refractivity contribution >= 4 is 17.7 Å². The topological polar surface area (TPSA) is 46.5 Å². The summed E-state index contributed by atoms with van der Waals surface area (Å²) < 4.78 is 4.87. The average molecular weight is 268 g/mol. The van der Waals surface area contributed by atoms with Crippen LogP contribution in [0.25, 0.3) is 0 Å². The Morgan fingerprint density at radius 2 is 1.94 bits per heavy atom. The molecule has 0 amide bonds. The molecule has 0 heterocycles. The zero-order valence-electron chi connectivity index (χ0n) is 10.9. The highest BCUT2D eigenvalue weighted by Gasteiger charge is 2.26. The van der Waals surface area contributed by atoms with Crippen molar-refractivity contribution in [3.63, 3.8) is 0 Å². The first-order valence-electron chi connectivity index (χ1n) is 6.07. The van der Waals surface area contributed by atoms with E-state index in [0.29, 0.717) is 6.61 Å². The Hall–Kier alpha value is -1.16. The van der Waals surface area contributed by atoms with Crippen molar-refractivity contribution < 1.29 is 14.6 Å². The molecule has 1 aromatic carbocycles. The van der Waals surface area contributed by atoms with E-state index in [2.05, 4.69) is 0 Å². The number of ether oxygens (including phenoxy) is 1. The fourth-order valence-electron chi connectivity index (χ4n) is 1.30. The van der Waals surface area contributed by atoms with Crippen LogP contribution in [0.4, 0.5) is 0 Å². The normalized spacial score (nSPS) is 11.2. The van der Waals surface area contributed by atoms with Crippen LogP contribution in [0.3, 0.4) is 0 Å². The van der Waals surface area contributed by atoms with Gasteiger partial charge >= 0.3 is 5.97 Å². The van der Waals surface area contributed by atoms with E-state index < -0.39 is 10.7 Å². The van der Waals surface area contributed by atoms with Gasteiger partial charge in [0, 0.05) is 0 Å². The van der Waals surface area contributed by atoms with Crippen LogP contribution < -0.4 is 4.74 Å². The number of aliphatic carboxylic acids is 1. The van der Waals surface area contributed by atoms with Gasteiger partial charge in [-0.1, -0.05) is 18.2 Å². The molecule has 4 heteroatoms. The summed E-state index contributed by atoms with van der Waals surface area (Å²) >= 11 is 1.48. The van der Waals surface area contributed by atoms with Crippen LogP contribution in [0.1, 0.15) is 26.7 Å². The minimum absolute atomic E-state index is 0.679. The third-order valence-electron chi connectivity index (χ3n) is 2.53.